The molecule has 1 unspecified atom stereocenters. The predicted molar refractivity (Wildman–Crippen MR) is 63.5 cm³/mol. The molecule has 17 heavy (non-hydrogen) atoms. The van der Waals surface area contributed by atoms with E-state index in [-0.39, 0.29) is 12.0 Å². The van der Waals surface area contributed by atoms with E-state index in [4.69, 9.17) is 10.2 Å². The van der Waals surface area contributed by atoms with Gasteiger partial charge in [-0.25, -0.2) is 4.79 Å². The van der Waals surface area contributed by atoms with Crippen LogP contribution in [-0.2, 0) is 4.79 Å². The van der Waals surface area contributed by atoms with Crippen molar-refractivity contribution in [3.05, 3.63) is 23.8 Å². The van der Waals surface area contributed by atoms with Crippen molar-refractivity contribution in [2.24, 2.45) is 0 Å². The number of carboxylic acid groups (broad SMARTS) is 2. The summed E-state index contributed by atoms with van der Waals surface area (Å²) in [6.07, 6.45) is -0.0330. The second-order valence-corrected chi connectivity index (χ2v) is 5.59. The Labute approximate surface area is 102 Å². The van der Waals surface area contributed by atoms with Gasteiger partial charge in [0.15, 0.2) is 0 Å². The highest BCUT2D eigenvalue weighted by Crippen LogP contribution is 2.47. The molecule has 0 amide bonds. The number of anilines is 1. The van der Waals surface area contributed by atoms with Crippen molar-refractivity contribution in [1.29, 1.82) is 0 Å². The van der Waals surface area contributed by atoms with Crippen LogP contribution in [0, 0.1) is 0 Å². The van der Waals surface area contributed by atoms with Gasteiger partial charge in [0.05, 0.1) is 16.9 Å². The van der Waals surface area contributed by atoms with Gasteiger partial charge in [0.1, 0.15) is 0 Å². The third-order valence-electron chi connectivity index (χ3n) is 2.45. The van der Waals surface area contributed by atoms with Crippen molar-refractivity contribution in [2.45, 2.75) is 23.1 Å². The summed E-state index contributed by atoms with van der Waals surface area (Å²) in [6, 6.07) is 4.74. The zero-order valence-corrected chi connectivity index (χ0v) is 9.87. The molecule has 1 aromatic rings. The first-order chi connectivity index (χ1) is 7.89. The number of hydrogen-bond acceptors (Lipinski definition) is 4. The molecule has 0 aromatic heterocycles. The Balaban J connectivity index is 2.27. The number of fused-ring (bicyclic) bond motifs is 1. The first kappa shape index (κ1) is 11.8. The summed E-state index contributed by atoms with van der Waals surface area (Å²) < 4.78 is 0. The zero-order chi connectivity index (χ0) is 12.6. The van der Waals surface area contributed by atoms with Crippen LogP contribution >= 0.6 is 11.8 Å². The largest absolute Gasteiger partial charge is 0.481 e. The third-order valence-corrected chi connectivity index (χ3v) is 3.72. The Hall–Kier alpha value is -1.69. The number of rotatable bonds is 3. The van der Waals surface area contributed by atoms with Crippen LogP contribution in [0.2, 0.25) is 0 Å². The molecule has 0 radical (unpaired) electrons. The summed E-state index contributed by atoms with van der Waals surface area (Å²) in [6.45, 7) is 1.78. The molecule has 2 rings (SSSR count). The van der Waals surface area contributed by atoms with E-state index in [1.165, 1.54) is 23.9 Å². The standard InChI is InChI=1S/C11H11NO4S/c1-11(5-9(13)14)12-7-4-6(10(15)16)2-3-8(7)17-11/h2-4,12H,5H2,1H3,(H,13,14)(H,15,16). The number of thioether (sulfide) groups is 1. The van der Waals surface area contributed by atoms with E-state index < -0.39 is 16.8 Å². The van der Waals surface area contributed by atoms with E-state index in [1.54, 1.807) is 13.0 Å². The van der Waals surface area contributed by atoms with Crippen LogP contribution in [0.3, 0.4) is 0 Å². The molecule has 1 heterocycles. The van der Waals surface area contributed by atoms with Gasteiger partial charge in [0, 0.05) is 10.6 Å². The molecule has 0 saturated carbocycles. The maximum absolute atomic E-state index is 10.8. The highest BCUT2D eigenvalue weighted by atomic mass is 32.2. The van der Waals surface area contributed by atoms with Gasteiger partial charge in [-0.2, -0.15) is 0 Å². The van der Waals surface area contributed by atoms with Crippen molar-refractivity contribution in [3.63, 3.8) is 0 Å². The molecular formula is C11H11NO4S. The Kier molecular flexibility index (Phi) is 2.74. The Bertz CT molecular complexity index is 502. The van der Waals surface area contributed by atoms with Crippen LogP contribution in [0.15, 0.2) is 23.1 Å². The molecule has 1 aliphatic rings. The van der Waals surface area contributed by atoms with Gasteiger partial charge >= 0.3 is 11.9 Å². The minimum absolute atomic E-state index is 0.0330. The molecule has 0 fully saturated rings. The lowest BCUT2D eigenvalue weighted by atomic mass is 10.1. The minimum atomic E-state index is -0.994. The number of benzene rings is 1. The van der Waals surface area contributed by atoms with Crippen LogP contribution in [0.25, 0.3) is 0 Å². The number of carbonyl (C=O) groups is 2. The Morgan fingerprint density at radius 1 is 1.41 bits per heavy atom. The normalized spacial score (nSPS) is 21.7. The number of hydrogen-bond donors (Lipinski definition) is 3. The summed E-state index contributed by atoms with van der Waals surface area (Å²) in [5.74, 6) is -1.88. The van der Waals surface area contributed by atoms with Crippen LogP contribution in [0.5, 0.6) is 0 Å². The van der Waals surface area contributed by atoms with Crippen molar-refractivity contribution < 1.29 is 19.8 Å². The van der Waals surface area contributed by atoms with Crippen LogP contribution in [0.4, 0.5) is 5.69 Å². The summed E-state index contributed by atoms with van der Waals surface area (Å²) in [4.78, 5) is 21.8. The molecule has 0 spiro atoms. The molecule has 1 aromatic carbocycles. The maximum Gasteiger partial charge on any atom is 0.335 e. The fourth-order valence-electron chi connectivity index (χ4n) is 1.77. The summed E-state index contributed by atoms with van der Waals surface area (Å²) in [5.41, 5.74) is 0.870. The first-order valence-corrected chi connectivity index (χ1v) is 5.78. The molecule has 0 saturated heterocycles. The molecule has 1 atom stereocenters. The molecule has 90 valence electrons. The third kappa shape index (κ3) is 2.36. The van der Waals surface area contributed by atoms with Gasteiger partial charge in [0.2, 0.25) is 0 Å². The highest BCUT2D eigenvalue weighted by Gasteiger charge is 2.35. The lowest BCUT2D eigenvalue weighted by Crippen LogP contribution is -2.29. The van der Waals surface area contributed by atoms with Gasteiger partial charge in [0.25, 0.3) is 0 Å². The van der Waals surface area contributed by atoms with Gasteiger partial charge in [-0.1, -0.05) is 11.8 Å². The molecule has 0 aliphatic carbocycles. The SMILES string of the molecule is CC1(CC(=O)O)Nc2cc(C(=O)O)ccc2S1. The average Bonchev–Trinajstić information content (AvgIpc) is 2.50. The summed E-state index contributed by atoms with van der Waals surface area (Å²) in [5, 5.41) is 20.7. The number of nitrogens with one attached hydrogen (secondary N) is 1. The van der Waals surface area contributed by atoms with E-state index in [2.05, 4.69) is 5.32 Å². The number of aliphatic carboxylic acids is 1. The van der Waals surface area contributed by atoms with Gasteiger partial charge < -0.3 is 15.5 Å². The van der Waals surface area contributed by atoms with Gasteiger partial charge in [-0.15, -0.1) is 0 Å². The molecule has 3 N–H and O–H groups in total. The second-order valence-electron chi connectivity index (χ2n) is 4.04. The average molecular weight is 253 g/mol. The van der Waals surface area contributed by atoms with Crippen molar-refractivity contribution in [3.8, 4) is 0 Å². The van der Waals surface area contributed by atoms with Crippen molar-refractivity contribution in [1.82, 2.24) is 0 Å². The topological polar surface area (TPSA) is 86.6 Å². The van der Waals surface area contributed by atoms with Crippen LogP contribution in [-0.4, -0.2) is 27.0 Å². The molecular weight excluding hydrogens is 242 g/mol. The van der Waals surface area contributed by atoms with E-state index in [0.717, 1.165) is 4.90 Å². The number of carboxylic acids is 2. The van der Waals surface area contributed by atoms with Crippen LogP contribution < -0.4 is 5.32 Å². The Morgan fingerprint density at radius 2 is 2.12 bits per heavy atom. The fourth-order valence-corrected chi connectivity index (χ4v) is 2.97. The lowest BCUT2D eigenvalue weighted by Gasteiger charge is -2.21. The predicted octanol–water partition coefficient (Wildman–Crippen LogP) is 2.09. The molecule has 5 nitrogen and oxygen atoms in total. The zero-order valence-electron chi connectivity index (χ0n) is 9.06. The van der Waals surface area contributed by atoms with E-state index in [0.29, 0.717) is 5.69 Å². The number of aromatic carboxylic acids is 1. The highest BCUT2D eigenvalue weighted by molar-refractivity contribution is 8.01. The van der Waals surface area contributed by atoms with Gasteiger partial charge in [-0.3, -0.25) is 4.79 Å². The first-order valence-electron chi connectivity index (χ1n) is 4.96. The fraction of sp³-hybridized carbons (Fsp3) is 0.273. The second kappa shape index (κ2) is 3.96. The minimum Gasteiger partial charge on any atom is -0.481 e. The summed E-state index contributed by atoms with van der Waals surface area (Å²) in [7, 11) is 0. The monoisotopic (exact) mass is 253 g/mol. The summed E-state index contributed by atoms with van der Waals surface area (Å²) >= 11 is 1.40. The van der Waals surface area contributed by atoms with Crippen LogP contribution in [0.1, 0.15) is 23.7 Å². The molecule has 0 bridgehead atoms. The molecule has 6 heteroatoms. The quantitative estimate of drug-likeness (QED) is 0.764. The van der Waals surface area contributed by atoms with E-state index in [1.807, 2.05) is 0 Å². The smallest absolute Gasteiger partial charge is 0.335 e. The van der Waals surface area contributed by atoms with E-state index >= 15 is 0 Å². The maximum atomic E-state index is 10.8. The molecule has 1 aliphatic heterocycles. The van der Waals surface area contributed by atoms with Gasteiger partial charge in [-0.05, 0) is 25.1 Å². The Morgan fingerprint density at radius 3 is 2.71 bits per heavy atom. The lowest BCUT2D eigenvalue weighted by molar-refractivity contribution is -0.137. The van der Waals surface area contributed by atoms with E-state index in [9.17, 15) is 9.59 Å². The van der Waals surface area contributed by atoms with Crippen molar-refractivity contribution >= 4 is 29.4 Å². The van der Waals surface area contributed by atoms with Crippen molar-refractivity contribution in [2.75, 3.05) is 5.32 Å².